The van der Waals surface area contributed by atoms with Crippen LogP contribution in [0.3, 0.4) is 0 Å². The van der Waals surface area contributed by atoms with Crippen LogP contribution in [-0.2, 0) is 11.8 Å². The molecule has 0 bridgehead atoms. The number of aryl methyl sites for hydroxylation is 1. The molecule has 5 heteroatoms. The van der Waals surface area contributed by atoms with E-state index in [9.17, 15) is 4.79 Å². The van der Waals surface area contributed by atoms with E-state index in [-0.39, 0.29) is 0 Å². The second kappa shape index (κ2) is 5.35. The first-order valence-electron chi connectivity index (χ1n) is 5.70. The molecule has 1 aromatic carbocycles. The van der Waals surface area contributed by atoms with Crippen LogP contribution >= 0.6 is 0 Å². The van der Waals surface area contributed by atoms with E-state index in [0.29, 0.717) is 24.5 Å². The highest BCUT2D eigenvalue weighted by Gasteiger charge is 2.07. The molecule has 5 nitrogen and oxygen atoms in total. The summed E-state index contributed by atoms with van der Waals surface area (Å²) in [6.45, 7) is 2.45. The summed E-state index contributed by atoms with van der Waals surface area (Å²) in [6.07, 6.45) is 4.36. The van der Waals surface area contributed by atoms with E-state index in [4.69, 9.17) is 4.74 Å². The zero-order valence-electron chi connectivity index (χ0n) is 10.4. The van der Waals surface area contributed by atoms with E-state index in [1.54, 1.807) is 10.9 Å². The van der Waals surface area contributed by atoms with Crippen LogP contribution in [0, 0.1) is 0 Å². The number of rotatable bonds is 5. The highest BCUT2D eigenvalue weighted by Crippen LogP contribution is 2.30. The summed E-state index contributed by atoms with van der Waals surface area (Å²) < 4.78 is 7.25. The van der Waals surface area contributed by atoms with Crippen LogP contribution in [0.15, 0.2) is 30.6 Å². The van der Waals surface area contributed by atoms with Crippen molar-refractivity contribution in [2.45, 2.75) is 6.92 Å². The quantitative estimate of drug-likeness (QED) is 0.820. The summed E-state index contributed by atoms with van der Waals surface area (Å²) in [5.41, 5.74) is 2.68. The molecule has 18 heavy (non-hydrogen) atoms. The first-order chi connectivity index (χ1) is 8.74. The van der Waals surface area contributed by atoms with Crippen LogP contribution in [0.25, 0.3) is 11.1 Å². The van der Waals surface area contributed by atoms with Gasteiger partial charge in [-0.25, -0.2) is 0 Å². The molecule has 0 aliphatic carbocycles. The van der Waals surface area contributed by atoms with Crippen LogP contribution < -0.4 is 10.1 Å². The Morgan fingerprint density at radius 2 is 2.28 bits per heavy atom. The summed E-state index contributed by atoms with van der Waals surface area (Å²) in [6, 6.07) is 5.64. The van der Waals surface area contributed by atoms with Gasteiger partial charge in [0.1, 0.15) is 5.75 Å². The highest BCUT2D eigenvalue weighted by molar-refractivity contribution is 5.78. The molecule has 1 amide bonds. The predicted molar refractivity (Wildman–Crippen MR) is 69.5 cm³/mol. The van der Waals surface area contributed by atoms with Crippen molar-refractivity contribution in [1.82, 2.24) is 9.78 Å². The minimum atomic E-state index is 0.546. The summed E-state index contributed by atoms with van der Waals surface area (Å²) >= 11 is 0. The van der Waals surface area contributed by atoms with Crippen LogP contribution in [-0.4, -0.2) is 22.8 Å². The zero-order chi connectivity index (χ0) is 13.0. The van der Waals surface area contributed by atoms with Crippen LogP contribution in [0.4, 0.5) is 5.69 Å². The van der Waals surface area contributed by atoms with Crippen molar-refractivity contribution in [3.8, 4) is 16.9 Å². The molecule has 0 aliphatic rings. The first-order valence-corrected chi connectivity index (χ1v) is 5.70. The molecule has 0 fully saturated rings. The van der Waals surface area contributed by atoms with Gasteiger partial charge in [-0.15, -0.1) is 0 Å². The topological polar surface area (TPSA) is 56.1 Å². The van der Waals surface area contributed by atoms with Gasteiger partial charge in [0.25, 0.3) is 0 Å². The lowest BCUT2D eigenvalue weighted by molar-refractivity contribution is -0.105. The fourth-order valence-electron chi connectivity index (χ4n) is 1.73. The van der Waals surface area contributed by atoms with Gasteiger partial charge in [0, 0.05) is 18.8 Å². The molecule has 1 aromatic heterocycles. The number of carbonyl (C=O) groups is 1. The minimum absolute atomic E-state index is 0.546. The normalized spacial score (nSPS) is 10.1. The van der Waals surface area contributed by atoms with Gasteiger partial charge in [0.05, 0.1) is 18.5 Å². The van der Waals surface area contributed by atoms with Crippen LogP contribution in [0.2, 0.25) is 0 Å². The van der Waals surface area contributed by atoms with Crippen LogP contribution in [0.1, 0.15) is 6.92 Å². The smallest absolute Gasteiger partial charge is 0.211 e. The van der Waals surface area contributed by atoms with Gasteiger partial charge >= 0.3 is 0 Å². The minimum Gasteiger partial charge on any atom is -0.492 e. The van der Waals surface area contributed by atoms with Gasteiger partial charge in [-0.3, -0.25) is 9.48 Å². The first kappa shape index (κ1) is 12.2. The Labute approximate surface area is 105 Å². The van der Waals surface area contributed by atoms with Crippen molar-refractivity contribution < 1.29 is 9.53 Å². The standard InChI is InChI=1S/C13H15N3O2/c1-3-18-13-6-10(4-5-12(13)14-9-17)11-7-15-16(2)8-11/h4-9H,3H2,1-2H3,(H,14,17). The molecular formula is C13H15N3O2. The van der Waals surface area contributed by atoms with Gasteiger partial charge in [-0.2, -0.15) is 5.10 Å². The number of anilines is 1. The lowest BCUT2D eigenvalue weighted by Crippen LogP contribution is -2.00. The average molecular weight is 245 g/mol. The molecule has 94 valence electrons. The Kier molecular flexibility index (Phi) is 3.62. The van der Waals surface area contributed by atoms with Crippen molar-refractivity contribution in [3.05, 3.63) is 30.6 Å². The lowest BCUT2D eigenvalue weighted by Gasteiger charge is -2.10. The third-order valence-corrected chi connectivity index (χ3v) is 2.53. The molecule has 0 saturated carbocycles. The Morgan fingerprint density at radius 1 is 1.44 bits per heavy atom. The number of ether oxygens (including phenoxy) is 1. The Balaban J connectivity index is 2.38. The average Bonchev–Trinajstić information content (AvgIpc) is 2.79. The van der Waals surface area contributed by atoms with Crippen molar-refractivity contribution in [1.29, 1.82) is 0 Å². The van der Waals surface area contributed by atoms with Gasteiger partial charge in [-0.1, -0.05) is 6.07 Å². The SMILES string of the molecule is CCOc1cc(-c2cnn(C)c2)ccc1NC=O. The highest BCUT2D eigenvalue weighted by atomic mass is 16.5. The molecule has 1 heterocycles. The maximum absolute atomic E-state index is 10.5. The number of benzene rings is 1. The molecule has 2 rings (SSSR count). The number of aromatic nitrogens is 2. The maximum atomic E-state index is 10.5. The molecule has 0 saturated heterocycles. The molecule has 1 N–H and O–H groups in total. The molecule has 2 aromatic rings. The monoisotopic (exact) mass is 245 g/mol. The Bertz CT molecular complexity index is 549. The van der Waals surface area contributed by atoms with Gasteiger partial charge in [0.15, 0.2) is 0 Å². The maximum Gasteiger partial charge on any atom is 0.211 e. The fourth-order valence-corrected chi connectivity index (χ4v) is 1.73. The van der Waals surface area contributed by atoms with Crippen molar-refractivity contribution >= 4 is 12.1 Å². The second-order valence-electron chi connectivity index (χ2n) is 3.81. The summed E-state index contributed by atoms with van der Waals surface area (Å²) in [7, 11) is 1.87. The number of nitrogens with zero attached hydrogens (tertiary/aromatic N) is 2. The van der Waals surface area contributed by atoms with E-state index in [1.165, 1.54) is 0 Å². The third-order valence-electron chi connectivity index (χ3n) is 2.53. The van der Waals surface area contributed by atoms with E-state index in [2.05, 4.69) is 10.4 Å². The molecule has 0 aliphatic heterocycles. The molecule has 0 atom stereocenters. The van der Waals surface area contributed by atoms with Crippen molar-refractivity contribution in [2.24, 2.45) is 7.05 Å². The number of hydrogen-bond donors (Lipinski definition) is 1. The zero-order valence-corrected chi connectivity index (χ0v) is 10.4. The Hall–Kier alpha value is -2.30. The summed E-state index contributed by atoms with van der Waals surface area (Å²) in [5, 5.41) is 6.75. The molecular weight excluding hydrogens is 230 g/mol. The number of hydrogen-bond acceptors (Lipinski definition) is 3. The molecule has 0 radical (unpaired) electrons. The van der Waals surface area contributed by atoms with E-state index in [0.717, 1.165) is 11.1 Å². The summed E-state index contributed by atoms with van der Waals surface area (Å²) in [4.78, 5) is 10.5. The number of nitrogens with one attached hydrogen (secondary N) is 1. The summed E-state index contributed by atoms with van der Waals surface area (Å²) in [5.74, 6) is 0.658. The molecule has 0 unspecified atom stereocenters. The van der Waals surface area contributed by atoms with Gasteiger partial charge < -0.3 is 10.1 Å². The van der Waals surface area contributed by atoms with Gasteiger partial charge in [-0.05, 0) is 24.6 Å². The Morgan fingerprint density at radius 3 is 2.89 bits per heavy atom. The lowest BCUT2D eigenvalue weighted by atomic mass is 10.1. The van der Waals surface area contributed by atoms with Crippen molar-refractivity contribution in [3.63, 3.8) is 0 Å². The third kappa shape index (κ3) is 2.51. The van der Waals surface area contributed by atoms with Crippen LogP contribution in [0.5, 0.6) is 5.75 Å². The predicted octanol–water partition coefficient (Wildman–Crippen LogP) is 2.05. The number of carbonyl (C=O) groups excluding carboxylic acids is 1. The fraction of sp³-hybridized carbons (Fsp3) is 0.231. The second-order valence-corrected chi connectivity index (χ2v) is 3.81. The van der Waals surface area contributed by atoms with E-state index >= 15 is 0 Å². The largest absolute Gasteiger partial charge is 0.492 e. The van der Waals surface area contributed by atoms with E-state index < -0.39 is 0 Å². The van der Waals surface area contributed by atoms with E-state index in [1.807, 2.05) is 38.4 Å². The number of amides is 1. The molecule has 0 spiro atoms. The van der Waals surface area contributed by atoms with Crippen molar-refractivity contribution in [2.75, 3.05) is 11.9 Å². The van der Waals surface area contributed by atoms with Gasteiger partial charge in [0.2, 0.25) is 6.41 Å².